The van der Waals surface area contributed by atoms with Crippen molar-refractivity contribution < 1.29 is 44.6 Å². The average molecular weight is 204 g/mol. The van der Waals surface area contributed by atoms with Crippen LogP contribution in [0.1, 0.15) is 24.2 Å². The molecule has 3 nitrogen and oxygen atoms in total. The van der Waals surface area contributed by atoms with Crippen LogP contribution in [0.25, 0.3) is 0 Å². The van der Waals surface area contributed by atoms with Gasteiger partial charge < -0.3 is 15.0 Å². The van der Waals surface area contributed by atoms with Crippen LogP contribution in [-0.4, -0.2) is 17.2 Å². The number of carboxylic acid groups (broad SMARTS) is 1. The zero-order valence-electron chi connectivity index (χ0n) is 8.73. The van der Waals surface area contributed by atoms with Crippen LogP contribution in [0.3, 0.4) is 0 Å². The SMILES string of the molecule is CC(C)O.O=C([O-])c1ccccc1.[Na+]. The van der Waals surface area contributed by atoms with Crippen LogP contribution in [0.5, 0.6) is 0 Å². The summed E-state index contributed by atoms with van der Waals surface area (Å²) < 4.78 is 0. The molecular weight excluding hydrogens is 191 g/mol. The first kappa shape index (κ1) is 16.1. The number of benzene rings is 1. The first-order valence-electron chi connectivity index (χ1n) is 3.98. The summed E-state index contributed by atoms with van der Waals surface area (Å²) in [5, 5.41) is 18.1. The maximum Gasteiger partial charge on any atom is 1.00 e. The van der Waals surface area contributed by atoms with E-state index in [1.165, 1.54) is 12.1 Å². The number of aliphatic hydroxyl groups is 1. The van der Waals surface area contributed by atoms with Gasteiger partial charge in [-0.3, -0.25) is 0 Å². The Morgan fingerprint density at radius 2 is 1.64 bits per heavy atom. The predicted molar refractivity (Wildman–Crippen MR) is 48.1 cm³/mol. The van der Waals surface area contributed by atoms with Crippen LogP contribution in [0.4, 0.5) is 0 Å². The fourth-order valence-corrected chi connectivity index (χ4v) is 0.574. The van der Waals surface area contributed by atoms with Gasteiger partial charge in [-0.1, -0.05) is 30.3 Å². The number of aromatic carboxylic acids is 1. The quantitative estimate of drug-likeness (QED) is 0.512. The minimum absolute atomic E-state index is 0. The van der Waals surface area contributed by atoms with Crippen LogP contribution in [0.15, 0.2) is 30.3 Å². The van der Waals surface area contributed by atoms with E-state index >= 15 is 0 Å². The maximum absolute atomic E-state index is 10.1. The molecule has 0 heterocycles. The van der Waals surface area contributed by atoms with Gasteiger partial charge in [0.1, 0.15) is 0 Å². The fraction of sp³-hybridized carbons (Fsp3) is 0.300. The third kappa shape index (κ3) is 9.74. The second-order valence-corrected chi connectivity index (χ2v) is 2.75. The van der Waals surface area contributed by atoms with Crippen molar-refractivity contribution in [2.24, 2.45) is 0 Å². The summed E-state index contributed by atoms with van der Waals surface area (Å²) in [7, 11) is 0. The molecule has 0 unspecified atom stereocenters. The Hall–Kier alpha value is -0.350. The zero-order chi connectivity index (χ0) is 10.3. The van der Waals surface area contributed by atoms with Crippen molar-refractivity contribution in [1.29, 1.82) is 0 Å². The molecule has 0 radical (unpaired) electrons. The number of hydrogen-bond acceptors (Lipinski definition) is 3. The van der Waals surface area contributed by atoms with E-state index in [9.17, 15) is 9.90 Å². The van der Waals surface area contributed by atoms with Crippen LogP contribution in [-0.2, 0) is 0 Å². The number of rotatable bonds is 1. The molecule has 0 amide bonds. The molecule has 1 N–H and O–H groups in total. The van der Waals surface area contributed by atoms with Crippen molar-refractivity contribution in [2.75, 3.05) is 0 Å². The first-order valence-corrected chi connectivity index (χ1v) is 3.98. The van der Waals surface area contributed by atoms with Crippen molar-refractivity contribution >= 4 is 5.97 Å². The fourth-order valence-electron chi connectivity index (χ4n) is 0.574. The topological polar surface area (TPSA) is 60.4 Å². The molecule has 1 aromatic carbocycles. The molecule has 1 rings (SSSR count). The monoisotopic (exact) mass is 204 g/mol. The van der Waals surface area contributed by atoms with Crippen molar-refractivity contribution in [3.8, 4) is 0 Å². The standard InChI is InChI=1S/C7H6O2.C3H8O.Na/c8-7(9)6-4-2-1-3-5-6;1-3(2)4;/h1-5H,(H,8,9);3-4H,1-2H3;/q;;+1/p-1. The Labute approximate surface area is 106 Å². The van der Waals surface area contributed by atoms with E-state index in [0.717, 1.165) is 0 Å². The Morgan fingerprint density at radius 1 is 1.29 bits per heavy atom. The maximum atomic E-state index is 10.1. The van der Waals surface area contributed by atoms with Crippen molar-refractivity contribution in [2.45, 2.75) is 20.0 Å². The van der Waals surface area contributed by atoms with Gasteiger partial charge in [-0.05, 0) is 19.4 Å². The Kier molecular flexibility index (Phi) is 10.6. The van der Waals surface area contributed by atoms with Gasteiger partial charge in [0.25, 0.3) is 0 Å². The molecule has 14 heavy (non-hydrogen) atoms. The molecule has 1 aromatic rings. The van der Waals surface area contributed by atoms with Crippen molar-refractivity contribution in [1.82, 2.24) is 0 Å². The van der Waals surface area contributed by atoms with Crippen molar-refractivity contribution in [3.05, 3.63) is 35.9 Å². The second kappa shape index (κ2) is 9.21. The zero-order valence-corrected chi connectivity index (χ0v) is 10.7. The molecule has 4 heteroatoms. The summed E-state index contributed by atoms with van der Waals surface area (Å²) >= 11 is 0. The van der Waals surface area contributed by atoms with E-state index in [4.69, 9.17) is 5.11 Å². The molecule has 0 saturated carbocycles. The third-order valence-corrected chi connectivity index (χ3v) is 1.01. The molecule has 0 fully saturated rings. The predicted octanol–water partition coefficient (Wildman–Crippen LogP) is -2.56. The number of hydrogen-bond donors (Lipinski definition) is 1. The van der Waals surface area contributed by atoms with E-state index in [1.54, 1.807) is 32.0 Å². The third-order valence-electron chi connectivity index (χ3n) is 1.01. The van der Waals surface area contributed by atoms with E-state index < -0.39 is 5.97 Å². The molecule has 0 aromatic heterocycles. The van der Waals surface area contributed by atoms with E-state index in [-0.39, 0.29) is 41.2 Å². The van der Waals surface area contributed by atoms with Gasteiger partial charge in [0.2, 0.25) is 0 Å². The first-order chi connectivity index (χ1) is 6.04. The molecule has 0 aliphatic rings. The Balaban J connectivity index is 0. The minimum atomic E-state index is -1.13. The summed E-state index contributed by atoms with van der Waals surface area (Å²) in [6.07, 6.45) is -0.167. The van der Waals surface area contributed by atoms with Crippen LogP contribution < -0.4 is 34.7 Å². The Bertz CT molecular complexity index is 244. The van der Waals surface area contributed by atoms with Crippen molar-refractivity contribution in [3.63, 3.8) is 0 Å². The van der Waals surface area contributed by atoms with Crippen LogP contribution in [0.2, 0.25) is 0 Å². The molecule has 0 spiro atoms. The largest absolute Gasteiger partial charge is 1.00 e. The molecule has 0 aliphatic carbocycles. The van der Waals surface area contributed by atoms with Gasteiger partial charge in [0.05, 0.1) is 5.97 Å². The molecule has 72 valence electrons. The molecular formula is C10H13NaO3. The van der Waals surface area contributed by atoms with Gasteiger partial charge in [-0.25, -0.2) is 0 Å². The molecule has 0 atom stereocenters. The Morgan fingerprint density at radius 3 is 1.86 bits per heavy atom. The average Bonchev–Trinajstić information content (AvgIpc) is 2.05. The number of carboxylic acids is 1. The summed E-state index contributed by atoms with van der Waals surface area (Å²) in [6.45, 7) is 3.44. The van der Waals surface area contributed by atoms with Crippen LogP contribution >= 0.6 is 0 Å². The van der Waals surface area contributed by atoms with E-state index in [0.29, 0.717) is 0 Å². The summed E-state index contributed by atoms with van der Waals surface area (Å²) in [4.78, 5) is 10.1. The molecule has 0 bridgehead atoms. The summed E-state index contributed by atoms with van der Waals surface area (Å²) in [5.74, 6) is -1.13. The molecule has 0 saturated heterocycles. The van der Waals surface area contributed by atoms with Crippen LogP contribution in [0, 0.1) is 0 Å². The number of carbonyl (C=O) groups excluding carboxylic acids is 1. The summed E-state index contributed by atoms with van der Waals surface area (Å²) in [6, 6.07) is 8.06. The van der Waals surface area contributed by atoms with Gasteiger partial charge in [0.15, 0.2) is 0 Å². The van der Waals surface area contributed by atoms with Gasteiger partial charge in [-0.2, -0.15) is 0 Å². The van der Waals surface area contributed by atoms with Gasteiger partial charge in [0, 0.05) is 6.10 Å². The minimum Gasteiger partial charge on any atom is -0.545 e. The van der Waals surface area contributed by atoms with Gasteiger partial charge >= 0.3 is 29.6 Å². The van der Waals surface area contributed by atoms with Gasteiger partial charge in [-0.15, -0.1) is 0 Å². The normalized spacial score (nSPS) is 8.29. The smallest absolute Gasteiger partial charge is 0.545 e. The molecule has 0 aliphatic heterocycles. The summed E-state index contributed by atoms with van der Waals surface area (Å²) in [5.41, 5.74) is 0.220. The number of aliphatic hydroxyl groups excluding tert-OH is 1. The second-order valence-electron chi connectivity index (χ2n) is 2.75. The van der Waals surface area contributed by atoms with E-state index in [1.807, 2.05) is 0 Å². The van der Waals surface area contributed by atoms with E-state index in [2.05, 4.69) is 0 Å². The number of carbonyl (C=O) groups is 1.